The number of fused-ring (bicyclic) bond motifs is 8. The van der Waals surface area contributed by atoms with Crippen molar-refractivity contribution in [3.63, 3.8) is 0 Å². The molecule has 0 amide bonds. The van der Waals surface area contributed by atoms with Gasteiger partial charge in [-0.1, -0.05) is 170 Å². The lowest BCUT2D eigenvalue weighted by Gasteiger charge is -2.18. The lowest BCUT2D eigenvalue weighted by Crippen LogP contribution is -1.94. The smallest absolute Gasteiger partial charge is 0.143 e. The molecule has 0 saturated heterocycles. The Balaban J connectivity index is 0.973. The maximum atomic E-state index is 6.42. The maximum absolute atomic E-state index is 6.42. The molecule has 0 radical (unpaired) electrons. The van der Waals surface area contributed by atoms with E-state index in [4.69, 9.17) is 4.42 Å². The Morgan fingerprint density at radius 1 is 0.293 bits per heavy atom. The molecule has 2 heterocycles. The van der Waals surface area contributed by atoms with Gasteiger partial charge in [-0.15, -0.1) is 0 Å². The lowest BCUT2D eigenvalue weighted by molar-refractivity contribution is 0.670. The average Bonchev–Trinajstić information content (AvgIpc) is 3.84. The van der Waals surface area contributed by atoms with Gasteiger partial charge in [0.2, 0.25) is 0 Å². The summed E-state index contributed by atoms with van der Waals surface area (Å²) < 4.78 is 8.83. The highest BCUT2D eigenvalue weighted by molar-refractivity contribution is 6.21. The summed E-state index contributed by atoms with van der Waals surface area (Å²) in [7, 11) is 0. The SMILES string of the molecule is c1ccc(-c2c3ccccc3c(-c3ccc(-n4c5ccccc5c5cc(-c6cccc(-c7cccc8c7oc7ccccc78)c6)ccc54)cc3)c3ccccc23)cc1. The fraction of sp³-hybridized carbons (Fsp3) is 0. The molecule has 0 aliphatic heterocycles. The molecule has 2 nitrogen and oxygen atoms in total. The van der Waals surface area contributed by atoms with Crippen LogP contribution >= 0.6 is 0 Å². The molecule has 12 rings (SSSR count). The van der Waals surface area contributed by atoms with Crippen molar-refractivity contribution in [2.45, 2.75) is 0 Å². The maximum Gasteiger partial charge on any atom is 0.143 e. The molecule has 0 aliphatic rings. The van der Waals surface area contributed by atoms with Gasteiger partial charge in [0.15, 0.2) is 0 Å². The minimum absolute atomic E-state index is 0.914. The quantitative estimate of drug-likeness (QED) is 0.161. The monoisotopic (exact) mass is 737 g/mol. The van der Waals surface area contributed by atoms with Crippen molar-refractivity contribution in [2.75, 3.05) is 0 Å². The number of para-hydroxylation sites is 3. The Labute approximate surface area is 335 Å². The average molecular weight is 738 g/mol. The molecular weight excluding hydrogens is 703 g/mol. The highest BCUT2D eigenvalue weighted by atomic mass is 16.3. The summed E-state index contributed by atoms with van der Waals surface area (Å²) in [5.41, 5.74) is 14.9. The fourth-order valence-corrected chi connectivity index (χ4v) is 9.40. The molecule has 10 aromatic carbocycles. The van der Waals surface area contributed by atoms with Gasteiger partial charge >= 0.3 is 0 Å². The third-order valence-electron chi connectivity index (χ3n) is 12.0. The summed E-state index contributed by atoms with van der Waals surface area (Å²) in [6.07, 6.45) is 0. The summed E-state index contributed by atoms with van der Waals surface area (Å²) in [4.78, 5) is 0. The summed E-state index contributed by atoms with van der Waals surface area (Å²) in [6.45, 7) is 0. The molecule has 12 aromatic rings. The van der Waals surface area contributed by atoms with Crippen LogP contribution < -0.4 is 0 Å². The second-order valence-corrected chi connectivity index (χ2v) is 15.2. The highest BCUT2D eigenvalue weighted by Gasteiger charge is 2.18. The number of nitrogens with zero attached hydrogens (tertiary/aromatic N) is 1. The number of hydrogen-bond acceptors (Lipinski definition) is 1. The zero-order valence-corrected chi connectivity index (χ0v) is 31.6. The van der Waals surface area contributed by atoms with Crippen LogP contribution in [-0.2, 0) is 0 Å². The van der Waals surface area contributed by atoms with Gasteiger partial charge in [0.25, 0.3) is 0 Å². The van der Waals surface area contributed by atoms with Crippen molar-refractivity contribution < 1.29 is 4.42 Å². The first-order valence-electron chi connectivity index (χ1n) is 19.9. The molecule has 2 heteroatoms. The number of furan rings is 1. The Hall–Kier alpha value is -7.68. The van der Waals surface area contributed by atoms with Crippen LogP contribution in [0.3, 0.4) is 0 Å². The van der Waals surface area contributed by atoms with Crippen molar-refractivity contribution in [1.82, 2.24) is 4.57 Å². The van der Waals surface area contributed by atoms with Crippen LogP contribution in [0.2, 0.25) is 0 Å². The van der Waals surface area contributed by atoms with E-state index in [0.29, 0.717) is 0 Å². The number of rotatable bonds is 5. The van der Waals surface area contributed by atoms with Gasteiger partial charge in [-0.2, -0.15) is 0 Å². The molecular formula is C56H35NO. The highest BCUT2D eigenvalue weighted by Crippen LogP contribution is 2.44. The molecule has 0 bridgehead atoms. The molecule has 0 fully saturated rings. The van der Waals surface area contributed by atoms with E-state index in [1.165, 1.54) is 76.7 Å². The van der Waals surface area contributed by atoms with Crippen molar-refractivity contribution >= 4 is 65.3 Å². The van der Waals surface area contributed by atoms with Gasteiger partial charge in [-0.05, 0) is 103 Å². The van der Waals surface area contributed by atoms with Crippen molar-refractivity contribution in [3.8, 4) is 50.2 Å². The van der Waals surface area contributed by atoms with E-state index in [2.05, 4.69) is 205 Å². The Bertz CT molecular complexity index is 3490. The van der Waals surface area contributed by atoms with Crippen LogP contribution in [0, 0.1) is 0 Å². The van der Waals surface area contributed by atoms with Gasteiger partial charge in [0.05, 0.1) is 11.0 Å². The number of benzene rings is 10. The molecule has 0 aliphatic carbocycles. The van der Waals surface area contributed by atoms with Gasteiger partial charge in [0, 0.05) is 32.8 Å². The molecule has 0 N–H and O–H groups in total. The predicted molar refractivity (Wildman–Crippen MR) is 245 cm³/mol. The fourth-order valence-electron chi connectivity index (χ4n) is 9.40. The van der Waals surface area contributed by atoms with Crippen LogP contribution in [0.4, 0.5) is 0 Å². The first-order valence-corrected chi connectivity index (χ1v) is 19.9. The largest absolute Gasteiger partial charge is 0.455 e. The summed E-state index contributed by atoms with van der Waals surface area (Å²) >= 11 is 0. The van der Waals surface area contributed by atoms with E-state index in [-0.39, 0.29) is 0 Å². The van der Waals surface area contributed by atoms with Crippen molar-refractivity contribution in [2.24, 2.45) is 0 Å². The topological polar surface area (TPSA) is 18.1 Å². The Morgan fingerprint density at radius 3 is 1.52 bits per heavy atom. The van der Waals surface area contributed by atoms with Gasteiger partial charge in [-0.25, -0.2) is 0 Å². The summed E-state index contributed by atoms with van der Waals surface area (Å²) in [6, 6.07) is 76.9. The minimum atomic E-state index is 0.914. The molecule has 270 valence electrons. The van der Waals surface area contributed by atoms with Crippen molar-refractivity contribution in [1.29, 1.82) is 0 Å². The Morgan fingerprint density at radius 2 is 0.793 bits per heavy atom. The van der Waals surface area contributed by atoms with Crippen molar-refractivity contribution in [3.05, 3.63) is 212 Å². The second kappa shape index (κ2) is 12.9. The van der Waals surface area contributed by atoms with Gasteiger partial charge in [0.1, 0.15) is 11.2 Å². The van der Waals surface area contributed by atoms with E-state index in [0.717, 1.165) is 38.8 Å². The number of hydrogen-bond donors (Lipinski definition) is 0. The zero-order valence-electron chi connectivity index (χ0n) is 31.6. The first kappa shape index (κ1) is 32.6. The third-order valence-corrected chi connectivity index (χ3v) is 12.0. The second-order valence-electron chi connectivity index (χ2n) is 15.2. The molecule has 2 aromatic heterocycles. The molecule has 0 spiro atoms. The zero-order chi connectivity index (χ0) is 38.2. The van der Waals surface area contributed by atoms with E-state index < -0.39 is 0 Å². The minimum Gasteiger partial charge on any atom is -0.455 e. The molecule has 0 saturated carbocycles. The van der Waals surface area contributed by atoms with Crippen LogP contribution in [-0.4, -0.2) is 4.57 Å². The molecule has 58 heavy (non-hydrogen) atoms. The molecule has 0 unspecified atom stereocenters. The van der Waals surface area contributed by atoms with Crippen LogP contribution in [0.25, 0.3) is 115 Å². The third kappa shape index (κ3) is 4.99. The first-order chi connectivity index (χ1) is 28.8. The lowest BCUT2D eigenvalue weighted by atomic mass is 9.86. The predicted octanol–water partition coefficient (Wildman–Crippen LogP) is 15.7. The summed E-state index contributed by atoms with van der Waals surface area (Å²) in [5.74, 6) is 0. The Kier molecular flexibility index (Phi) is 7.26. The standard InChI is InChI=1S/C56H35NO/c1-2-14-36(15-3-1)54-45-20-4-6-22-47(45)55(48-23-7-5-21-46(48)54)37-28-31-41(32-29-37)57-51-26-10-8-18-43(51)50-35-39(30-33-52(50)57)38-16-12-17-40(34-38)42-24-13-25-49-44-19-9-11-27-53(44)58-56(42)49/h1-35H. The van der Waals surface area contributed by atoms with E-state index in [1.54, 1.807) is 0 Å². The van der Waals surface area contributed by atoms with Crippen LogP contribution in [0.1, 0.15) is 0 Å². The van der Waals surface area contributed by atoms with Crippen LogP contribution in [0.15, 0.2) is 217 Å². The van der Waals surface area contributed by atoms with Gasteiger partial charge < -0.3 is 8.98 Å². The van der Waals surface area contributed by atoms with E-state index in [9.17, 15) is 0 Å². The number of aromatic nitrogens is 1. The van der Waals surface area contributed by atoms with E-state index in [1.807, 2.05) is 12.1 Å². The summed E-state index contributed by atoms with van der Waals surface area (Å²) in [5, 5.41) is 9.81. The molecule has 0 atom stereocenters. The normalized spacial score (nSPS) is 11.8. The van der Waals surface area contributed by atoms with Gasteiger partial charge in [-0.3, -0.25) is 0 Å². The van der Waals surface area contributed by atoms with Crippen LogP contribution in [0.5, 0.6) is 0 Å². The van der Waals surface area contributed by atoms with E-state index >= 15 is 0 Å².